The molecule has 1 rings (SSSR count). The summed E-state index contributed by atoms with van der Waals surface area (Å²) in [5.74, 6) is -0.466. The summed E-state index contributed by atoms with van der Waals surface area (Å²) < 4.78 is 18.3. The van der Waals surface area contributed by atoms with Gasteiger partial charge < -0.3 is 9.84 Å². The van der Waals surface area contributed by atoms with E-state index in [1.807, 2.05) is 6.92 Å². The molecule has 16 heavy (non-hydrogen) atoms. The van der Waals surface area contributed by atoms with E-state index >= 15 is 0 Å². The van der Waals surface area contributed by atoms with Crippen LogP contribution in [0.2, 0.25) is 5.02 Å². The molecule has 1 atom stereocenters. The van der Waals surface area contributed by atoms with Crippen LogP contribution < -0.4 is 0 Å². The van der Waals surface area contributed by atoms with Gasteiger partial charge in [0, 0.05) is 13.0 Å². The highest BCUT2D eigenvalue weighted by molar-refractivity contribution is 6.31. The van der Waals surface area contributed by atoms with Crippen LogP contribution in [0, 0.1) is 5.82 Å². The van der Waals surface area contributed by atoms with Gasteiger partial charge >= 0.3 is 0 Å². The molecule has 0 spiro atoms. The molecule has 0 aliphatic heterocycles. The first-order valence-corrected chi connectivity index (χ1v) is 5.57. The second-order valence-electron chi connectivity index (χ2n) is 4.02. The zero-order chi connectivity index (χ0) is 12.2. The molecular formula is C12H16ClFO2. The largest absolute Gasteiger partial charge is 0.387 e. The zero-order valence-electron chi connectivity index (χ0n) is 9.46. The van der Waals surface area contributed by atoms with Gasteiger partial charge in [0.1, 0.15) is 5.82 Å². The van der Waals surface area contributed by atoms with Crippen molar-refractivity contribution in [2.45, 2.75) is 25.9 Å². The number of rotatable bonds is 5. The maximum atomic E-state index is 13.2. The van der Waals surface area contributed by atoms with Gasteiger partial charge in [0.15, 0.2) is 0 Å². The average Bonchev–Trinajstić information content (AvgIpc) is 2.22. The first-order valence-electron chi connectivity index (χ1n) is 5.19. The van der Waals surface area contributed by atoms with Gasteiger partial charge in [0.2, 0.25) is 0 Å². The molecular weight excluding hydrogens is 231 g/mol. The van der Waals surface area contributed by atoms with Gasteiger partial charge in [-0.2, -0.15) is 0 Å². The molecule has 0 aromatic heterocycles. The Morgan fingerprint density at radius 2 is 2.19 bits per heavy atom. The van der Waals surface area contributed by atoms with Crippen LogP contribution in [0.3, 0.4) is 0 Å². The molecule has 0 aliphatic rings. The van der Waals surface area contributed by atoms with Crippen LogP contribution in [-0.2, 0) is 11.2 Å². The molecule has 0 bridgehead atoms. The molecule has 1 aromatic carbocycles. The first-order chi connectivity index (χ1) is 7.46. The number of benzene rings is 1. The van der Waals surface area contributed by atoms with E-state index in [4.69, 9.17) is 16.3 Å². The lowest BCUT2D eigenvalue weighted by Crippen LogP contribution is -2.33. The third-order valence-electron chi connectivity index (χ3n) is 2.22. The first kappa shape index (κ1) is 13.4. The fourth-order valence-corrected chi connectivity index (χ4v) is 1.66. The summed E-state index contributed by atoms with van der Waals surface area (Å²) in [6, 6.07) is 4.57. The highest BCUT2D eigenvalue weighted by Crippen LogP contribution is 2.24. The molecule has 1 N–H and O–H groups in total. The van der Waals surface area contributed by atoms with Crippen LogP contribution in [-0.4, -0.2) is 23.9 Å². The van der Waals surface area contributed by atoms with Gasteiger partial charge in [0.25, 0.3) is 0 Å². The Hall–Kier alpha value is -0.640. The Kier molecular flexibility index (Phi) is 4.71. The third-order valence-corrected chi connectivity index (χ3v) is 2.64. The van der Waals surface area contributed by atoms with Crippen molar-refractivity contribution < 1.29 is 14.2 Å². The molecule has 90 valence electrons. The van der Waals surface area contributed by atoms with Crippen LogP contribution in [0.4, 0.5) is 4.39 Å². The van der Waals surface area contributed by atoms with Crippen LogP contribution in [0.25, 0.3) is 0 Å². The number of hydrogen-bond acceptors (Lipinski definition) is 2. The number of hydrogen-bond donors (Lipinski definition) is 1. The molecule has 0 aliphatic carbocycles. The minimum Gasteiger partial charge on any atom is -0.387 e. The third kappa shape index (κ3) is 3.74. The predicted molar refractivity (Wildman–Crippen MR) is 62.2 cm³/mol. The molecule has 2 nitrogen and oxygen atoms in total. The maximum absolute atomic E-state index is 13.2. The molecule has 0 saturated carbocycles. The summed E-state index contributed by atoms with van der Waals surface area (Å²) in [6.07, 6.45) is 0.267. The van der Waals surface area contributed by atoms with Crippen LogP contribution in [0.1, 0.15) is 19.4 Å². The van der Waals surface area contributed by atoms with Crippen molar-refractivity contribution in [1.82, 2.24) is 0 Å². The van der Waals surface area contributed by atoms with Crippen LogP contribution >= 0.6 is 11.6 Å². The Balaban J connectivity index is 2.75. The fourth-order valence-electron chi connectivity index (χ4n) is 1.47. The van der Waals surface area contributed by atoms with Crippen molar-refractivity contribution in [3.8, 4) is 0 Å². The lowest BCUT2D eigenvalue weighted by atomic mass is 9.97. The van der Waals surface area contributed by atoms with E-state index in [2.05, 4.69) is 0 Å². The molecule has 4 heteroatoms. The molecule has 0 radical (unpaired) electrons. The highest BCUT2D eigenvalue weighted by Gasteiger charge is 2.23. The predicted octanol–water partition coefficient (Wildman–Crippen LogP) is 2.81. The number of aliphatic hydroxyl groups is 1. The smallest absolute Gasteiger partial charge is 0.142 e. The van der Waals surface area contributed by atoms with E-state index in [1.165, 1.54) is 6.07 Å². The van der Waals surface area contributed by atoms with Crippen molar-refractivity contribution in [1.29, 1.82) is 0 Å². The van der Waals surface area contributed by atoms with Gasteiger partial charge in [-0.15, -0.1) is 0 Å². The maximum Gasteiger partial charge on any atom is 0.142 e. The summed E-state index contributed by atoms with van der Waals surface area (Å²) in [5.41, 5.74) is -0.445. The molecule has 0 heterocycles. The van der Waals surface area contributed by atoms with Gasteiger partial charge in [-0.3, -0.25) is 0 Å². The monoisotopic (exact) mass is 246 g/mol. The minimum absolute atomic E-state index is 0.0688. The van der Waals surface area contributed by atoms with Crippen molar-refractivity contribution >= 4 is 11.6 Å². The van der Waals surface area contributed by atoms with Gasteiger partial charge in [0.05, 0.1) is 17.2 Å². The summed E-state index contributed by atoms with van der Waals surface area (Å²) >= 11 is 5.81. The number of halogens is 2. The SMILES string of the molecule is CCOCC(C)(O)Cc1cccc(F)c1Cl. The van der Waals surface area contributed by atoms with E-state index < -0.39 is 11.4 Å². The second-order valence-corrected chi connectivity index (χ2v) is 4.40. The molecule has 0 fully saturated rings. The molecule has 0 amide bonds. The standard InChI is InChI=1S/C12H16ClFO2/c1-3-16-8-12(2,15)7-9-5-4-6-10(14)11(9)13/h4-6,15H,3,7-8H2,1-2H3. The van der Waals surface area contributed by atoms with Gasteiger partial charge in [-0.25, -0.2) is 4.39 Å². The Morgan fingerprint density at radius 3 is 2.81 bits per heavy atom. The van der Waals surface area contributed by atoms with E-state index in [9.17, 15) is 9.50 Å². The molecule has 1 unspecified atom stereocenters. The molecule has 0 saturated heterocycles. The van der Waals surface area contributed by atoms with Gasteiger partial charge in [-0.05, 0) is 25.5 Å². The normalized spacial score (nSPS) is 14.8. The quantitative estimate of drug-likeness (QED) is 0.866. The van der Waals surface area contributed by atoms with Crippen molar-refractivity contribution in [2.75, 3.05) is 13.2 Å². The lowest BCUT2D eigenvalue weighted by molar-refractivity contribution is -0.0296. The Morgan fingerprint density at radius 1 is 1.50 bits per heavy atom. The second kappa shape index (κ2) is 5.62. The Labute approximate surface area is 100.0 Å². The highest BCUT2D eigenvalue weighted by atomic mass is 35.5. The summed E-state index contributed by atoms with van der Waals surface area (Å²) in [7, 11) is 0. The molecule has 1 aromatic rings. The van der Waals surface area contributed by atoms with Crippen molar-refractivity contribution in [3.63, 3.8) is 0 Å². The van der Waals surface area contributed by atoms with Crippen LogP contribution in [0.15, 0.2) is 18.2 Å². The summed E-state index contributed by atoms with van der Waals surface area (Å²) in [6.45, 7) is 4.23. The van der Waals surface area contributed by atoms with Gasteiger partial charge in [-0.1, -0.05) is 23.7 Å². The number of ether oxygens (including phenoxy) is 1. The van der Waals surface area contributed by atoms with Crippen LogP contribution in [0.5, 0.6) is 0 Å². The summed E-state index contributed by atoms with van der Waals surface area (Å²) in [5, 5.41) is 10.1. The topological polar surface area (TPSA) is 29.5 Å². The minimum atomic E-state index is -1.03. The van der Waals surface area contributed by atoms with E-state index in [-0.39, 0.29) is 18.1 Å². The zero-order valence-corrected chi connectivity index (χ0v) is 10.2. The Bertz CT molecular complexity index is 353. The fraction of sp³-hybridized carbons (Fsp3) is 0.500. The van der Waals surface area contributed by atoms with E-state index in [0.717, 1.165) is 0 Å². The summed E-state index contributed by atoms with van der Waals surface area (Å²) in [4.78, 5) is 0. The average molecular weight is 247 g/mol. The lowest BCUT2D eigenvalue weighted by Gasteiger charge is -2.23. The van der Waals surface area contributed by atoms with Crippen molar-refractivity contribution in [3.05, 3.63) is 34.6 Å². The van der Waals surface area contributed by atoms with E-state index in [1.54, 1.807) is 19.1 Å². The van der Waals surface area contributed by atoms with E-state index in [0.29, 0.717) is 12.2 Å². The van der Waals surface area contributed by atoms with Crippen molar-refractivity contribution in [2.24, 2.45) is 0 Å².